The fourth-order valence-electron chi connectivity index (χ4n) is 20.6. The lowest BCUT2D eigenvalue weighted by molar-refractivity contribution is -0.660. The first-order valence-corrected chi connectivity index (χ1v) is 45.2. The summed E-state index contributed by atoms with van der Waals surface area (Å²) in [7, 11) is 8.56. The lowest BCUT2D eigenvalue weighted by Crippen LogP contribution is -2.31. The van der Waals surface area contributed by atoms with Gasteiger partial charge in [-0.1, -0.05) is 222 Å². The van der Waals surface area contributed by atoms with Gasteiger partial charge >= 0.3 is 0 Å². The zero-order chi connectivity index (χ0) is 86.5. The predicted molar refractivity (Wildman–Crippen MR) is 523 cm³/mol. The van der Waals surface area contributed by atoms with Gasteiger partial charge in [-0.3, -0.25) is 0 Å². The number of pyridine rings is 4. The fraction of sp³-hybridized carbons (Fsp3) is 0.220. The number of nitrogens with zero attached hydrogens (tertiary/aromatic N) is 4. The molecular weight excluding hydrogens is 1520 g/mol. The van der Waals surface area contributed by atoms with E-state index < -0.39 is 0 Å². The lowest BCUT2D eigenvalue weighted by atomic mass is 9.76. The molecule has 0 saturated heterocycles. The summed E-state index contributed by atoms with van der Waals surface area (Å²) in [6, 6.07) is 99.1. The molecule has 0 bridgehead atoms. The molecule has 1 saturated carbocycles. The molecule has 6 aromatic heterocycles. The maximum absolute atomic E-state index is 6.19. The molecule has 0 atom stereocenters. The topological polar surface area (TPSA) is 28.7 Å². The number of rotatable bonds is 9. The van der Waals surface area contributed by atoms with Gasteiger partial charge < -0.3 is 4.42 Å². The number of aromatic nitrogens is 4. The molecule has 6 heteroatoms. The zero-order valence-corrected chi connectivity index (χ0v) is 76.5. The molecule has 5 nitrogen and oxygen atoms in total. The van der Waals surface area contributed by atoms with Crippen LogP contribution in [0.15, 0.2) is 296 Å². The highest BCUT2D eigenvalue weighted by Gasteiger charge is 2.45. The molecular formula is C118H114N4OS+4. The van der Waals surface area contributed by atoms with Gasteiger partial charge in [0.05, 0.1) is 0 Å². The largest absolute Gasteiger partial charge is 0.456 e. The molecule has 6 heterocycles. The molecule has 0 aliphatic heterocycles. The number of aryl methyl sites for hydroxylation is 15. The maximum Gasteiger partial charge on any atom is 0.213 e. The van der Waals surface area contributed by atoms with E-state index in [1.165, 1.54) is 246 Å². The van der Waals surface area contributed by atoms with Crippen molar-refractivity contribution in [2.24, 2.45) is 28.2 Å². The highest BCUT2D eigenvalue weighted by atomic mass is 32.1. The second-order valence-electron chi connectivity index (χ2n) is 36.8. The van der Waals surface area contributed by atoms with Crippen molar-refractivity contribution in [1.82, 2.24) is 0 Å². The SMILES string of the molecule is Cc1c[n+](C)c(-c2ccccc2C)cc1-c1ccc2c(c1)C(C)(C)c1cc(C(C)C)ccc1-2.Cc1ccc2c(c1)C1(CCCC1)c1cc(-c3cc(-c4ccccc4C)[n+](C)cc3C)ccc1-2.Cc1ccc2c(c1)oc1cc(-c3cc(-c4ccccc4C)[n+](C)cc3C)ccc12.Cc1ccc2c(c1)sc1cc(-c3cc(-c4ccccc4C)[n+](C)cc3C)ccc12. The van der Waals surface area contributed by atoms with E-state index in [1.807, 2.05) is 11.3 Å². The smallest absolute Gasteiger partial charge is 0.213 e. The Labute approximate surface area is 738 Å². The molecule has 0 unspecified atom stereocenters. The van der Waals surface area contributed by atoms with E-state index in [0.29, 0.717) is 5.92 Å². The minimum Gasteiger partial charge on any atom is -0.456 e. The highest BCUT2D eigenvalue weighted by molar-refractivity contribution is 7.25. The third kappa shape index (κ3) is 15.0. The van der Waals surface area contributed by atoms with E-state index in [1.54, 1.807) is 11.1 Å². The summed E-state index contributed by atoms with van der Waals surface area (Å²) in [6.07, 6.45) is 14.2. The minimum absolute atomic E-state index is 0.00221. The van der Waals surface area contributed by atoms with Gasteiger partial charge in [0.2, 0.25) is 22.8 Å². The van der Waals surface area contributed by atoms with Crippen LogP contribution in [0.2, 0.25) is 0 Å². The Morgan fingerprint density at radius 3 is 1.06 bits per heavy atom. The van der Waals surface area contributed by atoms with Crippen molar-refractivity contribution in [3.05, 3.63) is 381 Å². The van der Waals surface area contributed by atoms with Crippen molar-refractivity contribution in [3.63, 3.8) is 0 Å². The van der Waals surface area contributed by atoms with Crippen LogP contribution < -0.4 is 18.3 Å². The first kappa shape index (κ1) is 82.2. The number of hydrogen-bond donors (Lipinski definition) is 0. The van der Waals surface area contributed by atoms with Crippen molar-refractivity contribution in [1.29, 1.82) is 0 Å². The predicted octanol–water partition coefficient (Wildman–Crippen LogP) is 29.3. The average Bonchev–Trinajstić information content (AvgIpc) is 1.56. The van der Waals surface area contributed by atoms with Crippen LogP contribution in [0.25, 0.3) is 154 Å². The summed E-state index contributed by atoms with van der Waals surface area (Å²) < 4.78 is 17.9. The average molecular weight is 1640 g/mol. The van der Waals surface area contributed by atoms with Gasteiger partial charge in [0.1, 0.15) is 39.4 Å². The summed E-state index contributed by atoms with van der Waals surface area (Å²) in [4.78, 5) is 0. The number of benzene rings is 12. The van der Waals surface area contributed by atoms with Crippen molar-refractivity contribution in [3.8, 4) is 112 Å². The second-order valence-corrected chi connectivity index (χ2v) is 37.9. The van der Waals surface area contributed by atoms with E-state index in [2.05, 4.69) is 442 Å². The van der Waals surface area contributed by atoms with Crippen molar-refractivity contribution < 1.29 is 22.7 Å². The Hall–Kier alpha value is -12.7. The van der Waals surface area contributed by atoms with Crippen LogP contribution in [0.4, 0.5) is 0 Å². The Balaban J connectivity index is 0.000000113. The van der Waals surface area contributed by atoms with Gasteiger partial charge in [0, 0.05) is 111 Å². The fourth-order valence-corrected chi connectivity index (χ4v) is 21.8. The van der Waals surface area contributed by atoms with Crippen LogP contribution in [-0.2, 0) is 39.0 Å². The third-order valence-corrected chi connectivity index (χ3v) is 28.5. The molecule has 0 N–H and O–H groups in total. The molecule has 1 fully saturated rings. The van der Waals surface area contributed by atoms with E-state index in [4.69, 9.17) is 4.42 Å². The molecule has 3 aliphatic rings. The number of furan rings is 1. The maximum atomic E-state index is 6.19. The molecule has 12 aromatic carbocycles. The van der Waals surface area contributed by atoms with Crippen LogP contribution in [0.5, 0.6) is 0 Å². The molecule has 124 heavy (non-hydrogen) atoms. The van der Waals surface area contributed by atoms with Gasteiger partial charge in [-0.05, 0) is 290 Å². The Bertz CT molecular complexity index is 7100. The zero-order valence-electron chi connectivity index (χ0n) is 75.7. The summed E-state index contributed by atoms with van der Waals surface area (Å²) in [6.45, 7) is 33.4. The molecule has 18 aromatic rings. The van der Waals surface area contributed by atoms with Crippen molar-refractivity contribution >= 4 is 53.4 Å². The van der Waals surface area contributed by atoms with Gasteiger partial charge in [-0.15, -0.1) is 11.3 Å². The number of hydrogen-bond acceptors (Lipinski definition) is 2. The van der Waals surface area contributed by atoms with E-state index >= 15 is 0 Å². The van der Waals surface area contributed by atoms with E-state index in [0.717, 1.165) is 11.2 Å². The van der Waals surface area contributed by atoms with Crippen LogP contribution in [0, 0.1) is 76.2 Å². The normalized spacial score (nSPS) is 13.2. The van der Waals surface area contributed by atoms with Crippen molar-refractivity contribution in [2.45, 2.75) is 146 Å². The molecule has 0 amide bonds. The van der Waals surface area contributed by atoms with Crippen LogP contribution in [-0.4, -0.2) is 0 Å². The molecule has 614 valence electrons. The Kier molecular flexibility index (Phi) is 21.8. The van der Waals surface area contributed by atoms with Gasteiger partial charge in [-0.25, -0.2) is 18.3 Å². The molecule has 0 radical (unpaired) electrons. The summed E-state index contributed by atoms with van der Waals surface area (Å²) in [5.74, 6) is 0.540. The van der Waals surface area contributed by atoms with E-state index in [9.17, 15) is 0 Å². The summed E-state index contributed by atoms with van der Waals surface area (Å²) in [5.41, 5.74) is 49.9. The highest BCUT2D eigenvalue weighted by Crippen LogP contribution is 2.58. The van der Waals surface area contributed by atoms with Crippen LogP contribution in [0.3, 0.4) is 0 Å². The Morgan fingerprint density at radius 2 is 0.605 bits per heavy atom. The van der Waals surface area contributed by atoms with Gasteiger partial charge in [0.15, 0.2) is 24.8 Å². The third-order valence-electron chi connectivity index (χ3n) is 27.4. The lowest BCUT2D eigenvalue weighted by Gasteiger charge is -2.27. The van der Waals surface area contributed by atoms with Crippen LogP contribution >= 0.6 is 11.3 Å². The van der Waals surface area contributed by atoms with E-state index in [-0.39, 0.29) is 10.8 Å². The quantitative estimate of drug-likeness (QED) is 0.132. The first-order chi connectivity index (χ1) is 59.7. The number of thiophene rings is 1. The standard InChI is InChI=1S/C32H32N.C32H34N.C27H24NO.C27H24NS/c1-21-11-13-26-27-14-12-24(18-30(27)32(29(26)17-21)15-7-8-16-32)28-19-31(33(4)20-23(28)3)25-10-6-5-9-22(25)2;1-20(2)23-12-14-26-27-15-13-24(17-30(27)32(5,6)29(26)16-23)28-18-31(33(7)19-22(28)4)25-11-9-8-10-21(25)3;2*1-17-9-11-22-23-12-10-20(14-27(23)29-26(22)13-17)24-15-25(28(4)16-19(24)3)21-8-6-5-7-18(21)2/h5-6,9-14,17-20H,7-8,15-16H2,1-4H3;8-20H,1-7H3;2*5-16H,1-4H3/q4*+1. The summed E-state index contributed by atoms with van der Waals surface area (Å²) >= 11 is 1.89. The molecule has 21 rings (SSSR count). The first-order valence-electron chi connectivity index (χ1n) is 44.4. The minimum atomic E-state index is -0.00221. The molecule has 1 spiro atoms. The second kappa shape index (κ2) is 32.8. The molecule has 3 aliphatic carbocycles. The monoisotopic (exact) mass is 1630 g/mol. The van der Waals surface area contributed by atoms with Gasteiger partial charge in [0.25, 0.3) is 0 Å². The number of fused-ring (bicyclic) bond motifs is 14. The van der Waals surface area contributed by atoms with Crippen LogP contribution in [0.1, 0.15) is 148 Å². The Morgan fingerprint density at radius 1 is 0.282 bits per heavy atom. The summed E-state index contributed by atoms with van der Waals surface area (Å²) in [5, 5.41) is 5.06. The van der Waals surface area contributed by atoms with Gasteiger partial charge in [-0.2, -0.15) is 0 Å². The van der Waals surface area contributed by atoms with Crippen molar-refractivity contribution in [2.75, 3.05) is 0 Å².